The van der Waals surface area contributed by atoms with E-state index in [1.54, 1.807) is 0 Å². The molecule has 16 heavy (non-hydrogen) atoms. The van der Waals surface area contributed by atoms with E-state index in [1.165, 1.54) is 23.0 Å². The van der Waals surface area contributed by atoms with Crippen molar-refractivity contribution in [3.8, 4) is 5.82 Å². The normalized spacial score (nSPS) is 11.7. The first-order valence-corrected chi connectivity index (χ1v) is 4.19. The van der Waals surface area contributed by atoms with Crippen LogP contribution in [0, 0.1) is 0 Å². The van der Waals surface area contributed by atoms with E-state index in [9.17, 15) is 13.2 Å². The van der Waals surface area contributed by atoms with Crippen LogP contribution in [0.3, 0.4) is 0 Å². The lowest BCUT2D eigenvalue weighted by Gasteiger charge is -2.04. The topological polar surface area (TPSA) is 69.6 Å². The van der Waals surface area contributed by atoms with Crippen molar-refractivity contribution in [1.82, 2.24) is 20.0 Å². The molecule has 0 fully saturated rings. The molecule has 2 N–H and O–H groups in total. The predicted octanol–water partition coefficient (Wildman–Crippen LogP) is 1.26. The molecule has 0 bridgehead atoms. The second-order valence-electron chi connectivity index (χ2n) is 2.96. The van der Waals surface area contributed by atoms with Gasteiger partial charge in [-0.25, -0.2) is 4.68 Å². The van der Waals surface area contributed by atoms with Crippen molar-refractivity contribution in [3.63, 3.8) is 0 Å². The number of alkyl halides is 3. The fourth-order valence-electron chi connectivity index (χ4n) is 1.06. The lowest BCUT2D eigenvalue weighted by atomic mass is 10.4. The summed E-state index contributed by atoms with van der Waals surface area (Å²) in [5.74, 6) is 0.423. The van der Waals surface area contributed by atoms with Crippen LogP contribution in [0.4, 0.5) is 19.0 Å². The van der Waals surface area contributed by atoms with Crippen molar-refractivity contribution in [2.75, 3.05) is 5.73 Å². The van der Waals surface area contributed by atoms with Gasteiger partial charge in [0, 0.05) is 12.3 Å². The van der Waals surface area contributed by atoms with Crippen LogP contribution in [0.5, 0.6) is 0 Å². The SMILES string of the molecule is Nc1ccn(-c2ccc(C(F)(F)F)nn2)n1. The summed E-state index contributed by atoms with van der Waals surface area (Å²) in [6, 6.07) is 3.50. The number of anilines is 1. The van der Waals surface area contributed by atoms with Gasteiger partial charge in [0.25, 0.3) is 0 Å². The average molecular weight is 229 g/mol. The van der Waals surface area contributed by atoms with Crippen LogP contribution in [0.2, 0.25) is 0 Å². The van der Waals surface area contributed by atoms with Crippen LogP contribution < -0.4 is 5.73 Å². The number of rotatable bonds is 1. The largest absolute Gasteiger partial charge is 0.435 e. The maximum absolute atomic E-state index is 12.2. The second kappa shape index (κ2) is 3.47. The van der Waals surface area contributed by atoms with Crippen LogP contribution in [-0.4, -0.2) is 20.0 Å². The van der Waals surface area contributed by atoms with Gasteiger partial charge in [-0.2, -0.15) is 13.2 Å². The van der Waals surface area contributed by atoms with Gasteiger partial charge in [-0.3, -0.25) is 0 Å². The van der Waals surface area contributed by atoms with Crippen molar-refractivity contribution in [3.05, 3.63) is 30.1 Å². The third kappa shape index (κ3) is 1.95. The minimum atomic E-state index is -4.49. The Kier molecular flexibility index (Phi) is 2.26. The zero-order valence-electron chi connectivity index (χ0n) is 7.81. The Balaban J connectivity index is 2.33. The Morgan fingerprint density at radius 1 is 1.12 bits per heavy atom. The highest BCUT2D eigenvalue weighted by Gasteiger charge is 2.32. The molecule has 0 aliphatic heterocycles. The maximum atomic E-state index is 12.2. The second-order valence-corrected chi connectivity index (χ2v) is 2.96. The van der Waals surface area contributed by atoms with Crippen LogP contribution in [0.25, 0.3) is 5.82 Å². The number of aromatic nitrogens is 4. The van der Waals surface area contributed by atoms with E-state index >= 15 is 0 Å². The van der Waals surface area contributed by atoms with Gasteiger partial charge in [0.2, 0.25) is 0 Å². The summed E-state index contributed by atoms with van der Waals surface area (Å²) < 4.78 is 37.8. The highest BCUT2D eigenvalue weighted by atomic mass is 19.4. The van der Waals surface area contributed by atoms with E-state index < -0.39 is 11.9 Å². The Bertz CT molecular complexity index is 487. The number of hydrogen-bond acceptors (Lipinski definition) is 4. The summed E-state index contributed by atoms with van der Waals surface area (Å²) in [5, 5.41) is 10.2. The zero-order chi connectivity index (χ0) is 11.8. The van der Waals surface area contributed by atoms with E-state index in [2.05, 4.69) is 15.3 Å². The Morgan fingerprint density at radius 3 is 2.31 bits per heavy atom. The Morgan fingerprint density at radius 2 is 1.88 bits per heavy atom. The first-order valence-electron chi connectivity index (χ1n) is 4.19. The quantitative estimate of drug-likeness (QED) is 0.799. The van der Waals surface area contributed by atoms with E-state index in [-0.39, 0.29) is 11.6 Å². The minimum Gasteiger partial charge on any atom is -0.382 e. The van der Waals surface area contributed by atoms with Crippen molar-refractivity contribution >= 4 is 5.82 Å². The molecule has 0 spiro atoms. The first-order chi connectivity index (χ1) is 7.47. The van der Waals surface area contributed by atoms with Crippen LogP contribution in [0.15, 0.2) is 24.4 Å². The molecule has 8 heteroatoms. The molecule has 2 rings (SSSR count). The van der Waals surface area contributed by atoms with Gasteiger partial charge in [-0.05, 0) is 12.1 Å². The zero-order valence-corrected chi connectivity index (χ0v) is 7.81. The van der Waals surface area contributed by atoms with Gasteiger partial charge in [0.05, 0.1) is 0 Å². The molecule has 0 saturated carbocycles. The smallest absolute Gasteiger partial charge is 0.382 e. The number of nitrogen functional groups attached to an aromatic ring is 1. The van der Waals surface area contributed by atoms with E-state index in [0.717, 1.165) is 6.07 Å². The van der Waals surface area contributed by atoms with Crippen molar-refractivity contribution in [2.45, 2.75) is 6.18 Å². The minimum absolute atomic E-state index is 0.171. The Labute approximate surface area is 87.7 Å². The average Bonchev–Trinajstić information content (AvgIpc) is 2.64. The molecule has 0 unspecified atom stereocenters. The molecule has 0 aliphatic carbocycles. The molecular weight excluding hydrogens is 223 g/mol. The molecule has 0 aliphatic rings. The Hall–Kier alpha value is -2.12. The van der Waals surface area contributed by atoms with Gasteiger partial charge < -0.3 is 5.73 Å². The summed E-state index contributed by atoms with van der Waals surface area (Å²) in [4.78, 5) is 0. The molecule has 5 nitrogen and oxygen atoms in total. The molecule has 84 valence electrons. The standard InChI is InChI=1S/C8H6F3N5/c9-8(10,11)5-1-2-7(14-13-5)16-4-3-6(12)15-16/h1-4H,(H2,12,15). The van der Waals surface area contributed by atoms with Crippen LogP contribution in [0.1, 0.15) is 5.69 Å². The van der Waals surface area contributed by atoms with Crippen molar-refractivity contribution in [1.29, 1.82) is 0 Å². The fourth-order valence-corrected chi connectivity index (χ4v) is 1.06. The predicted molar refractivity (Wildman–Crippen MR) is 48.6 cm³/mol. The highest BCUT2D eigenvalue weighted by molar-refractivity contribution is 5.29. The van der Waals surface area contributed by atoms with Crippen LogP contribution >= 0.6 is 0 Å². The third-order valence-electron chi connectivity index (χ3n) is 1.79. The van der Waals surface area contributed by atoms with E-state index in [1.807, 2.05) is 0 Å². The van der Waals surface area contributed by atoms with Gasteiger partial charge in [-0.1, -0.05) is 0 Å². The molecule has 0 aromatic carbocycles. The molecular formula is C8H6F3N5. The lowest BCUT2D eigenvalue weighted by Crippen LogP contribution is -2.10. The third-order valence-corrected chi connectivity index (χ3v) is 1.79. The van der Waals surface area contributed by atoms with E-state index in [0.29, 0.717) is 0 Å². The summed E-state index contributed by atoms with van der Waals surface area (Å²) in [6.45, 7) is 0. The molecule has 2 aromatic heterocycles. The van der Waals surface area contributed by atoms with Crippen molar-refractivity contribution in [2.24, 2.45) is 0 Å². The lowest BCUT2D eigenvalue weighted by molar-refractivity contribution is -0.141. The van der Waals surface area contributed by atoms with Gasteiger partial charge >= 0.3 is 6.18 Å². The molecule has 0 saturated heterocycles. The number of hydrogen-bond donors (Lipinski definition) is 1. The maximum Gasteiger partial charge on any atom is 0.435 e. The molecule has 0 amide bonds. The van der Waals surface area contributed by atoms with E-state index in [4.69, 9.17) is 5.73 Å². The summed E-state index contributed by atoms with van der Waals surface area (Å²) in [7, 11) is 0. The van der Waals surface area contributed by atoms with Gasteiger partial charge in [0.1, 0.15) is 5.82 Å². The fraction of sp³-hybridized carbons (Fsp3) is 0.125. The van der Waals surface area contributed by atoms with Crippen LogP contribution in [-0.2, 0) is 6.18 Å². The first kappa shape index (κ1) is 10.4. The monoisotopic (exact) mass is 229 g/mol. The summed E-state index contributed by atoms with van der Waals surface area (Å²) >= 11 is 0. The number of nitrogens with two attached hydrogens (primary N) is 1. The van der Waals surface area contributed by atoms with Gasteiger partial charge in [-0.15, -0.1) is 15.3 Å². The molecule has 0 radical (unpaired) electrons. The number of nitrogens with zero attached hydrogens (tertiary/aromatic N) is 4. The van der Waals surface area contributed by atoms with Crippen molar-refractivity contribution < 1.29 is 13.2 Å². The summed E-state index contributed by atoms with van der Waals surface area (Å²) in [5.41, 5.74) is 4.31. The molecule has 0 atom stereocenters. The summed E-state index contributed by atoms with van der Waals surface area (Å²) in [6.07, 6.45) is -3.01. The molecule has 2 aromatic rings. The highest BCUT2D eigenvalue weighted by Crippen LogP contribution is 2.26. The molecule has 2 heterocycles. The number of halogens is 3. The van der Waals surface area contributed by atoms with Gasteiger partial charge in [0.15, 0.2) is 11.5 Å².